The smallest absolute Gasteiger partial charge is 0.245 e. The zero-order valence-electron chi connectivity index (χ0n) is 21.2. The third kappa shape index (κ3) is 4.58. The average Bonchev–Trinajstić information content (AvgIpc) is 2.81. The first-order valence-corrected chi connectivity index (χ1v) is 13.3. The van der Waals surface area contributed by atoms with Gasteiger partial charge in [-0.25, -0.2) is 4.39 Å². The number of Topliss-reactive ketones (excluding diaryl/α,β-unsaturated/α-hetero) is 1. The topological polar surface area (TPSA) is 69.7 Å². The summed E-state index contributed by atoms with van der Waals surface area (Å²) < 4.78 is 14.6. The van der Waals surface area contributed by atoms with Crippen LogP contribution in [0.25, 0.3) is 0 Å². The third-order valence-corrected chi connectivity index (χ3v) is 9.03. The summed E-state index contributed by atoms with van der Waals surface area (Å²) in [6.07, 6.45) is 6.79. The number of amides is 2. The molecule has 0 spiro atoms. The van der Waals surface area contributed by atoms with E-state index >= 15 is 0 Å². The number of benzene rings is 1. The number of hydrogen-bond donors (Lipinski definition) is 1. The largest absolute Gasteiger partial charge is 0.366 e. The van der Waals surface area contributed by atoms with E-state index in [0.717, 1.165) is 19.3 Å². The molecular weight excluding hydrogens is 445 g/mol. The number of nitrogens with one attached hydrogen (secondary N) is 1. The van der Waals surface area contributed by atoms with Gasteiger partial charge in [0.15, 0.2) is 5.78 Å². The number of piperazine rings is 1. The van der Waals surface area contributed by atoms with E-state index in [2.05, 4.69) is 5.32 Å². The van der Waals surface area contributed by atoms with Crippen molar-refractivity contribution in [3.8, 4) is 0 Å². The molecule has 2 amide bonds. The summed E-state index contributed by atoms with van der Waals surface area (Å²) in [5, 5.41) is 3.20. The van der Waals surface area contributed by atoms with Gasteiger partial charge >= 0.3 is 0 Å². The highest BCUT2D eigenvalue weighted by atomic mass is 19.1. The van der Waals surface area contributed by atoms with Gasteiger partial charge in [-0.3, -0.25) is 14.4 Å². The molecule has 35 heavy (non-hydrogen) atoms. The highest BCUT2D eigenvalue weighted by Gasteiger charge is 2.55. The van der Waals surface area contributed by atoms with E-state index in [1.165, 1.54) is 32.3 Å². The lowest BCUT2D eigenvalue weighted by Crippen LogP contribution is -2.60. The second-order valence-corrected chi connectivity index (χ2v) is 11.9. The van der Waals surface area contributed by atoms with Crippen molar-refractivity contribution in [2.75, 3.05) is 31.1 Å². The number of carbonyl (C=O) groups excluding carboxylic acids is 3. The van der Waals surface area contributed by atoms with Crippen LogP contribution in [-0.2, 0) is 9.59 Å². The number of anilines is 1. The van der Waals surface area contributed by atoms with Crippen molar-refractivity contribution in [3.05, 3.63) is 29.6 Å². The van der Waals surface area contributed by atoms with Crippen molar-refractivity contribution < 1.29 is 18.8 Å². The van der Waals surface area contributed by atoms with Crippen molar-refractivity contribution in [2.45, 2.75) is 65.3 Å². The Morgan fingerprint density at radius 2 is 1.54 bits per heavy atom. The van der Waals surface area contributed by atoms with Crippen LogP contribution in [0, 0.1) is 34.9 Å². The predicted octanol–water partition coefficient (Wildman–Crippen LogP) is 4.03. The molecule has 190 valence electrons. The molecule has 7 heteroatoms. The van der Waals surface area contributed by atoms with Gasteiger partial charge in [-0.1, -0.05) is 13.8 Å². The highest BCUT2D eigenvalue weighted by molar-refractivity contribution is 5.94. The molecule has 1 aliphatic heterocycles. The second kappa shape index (κ2) is 9.21. The fourth-order valence-corrected chi connectivity index (χ4v) is 7.54. The zero-order chi connectivity index (χ0) is 24.9. The molecule has 1 aromatic carbocycles. The SMILES string of the molecule is CC(=O)c1ccc(N2CCN(C(=O)C(NC(=O)C34CC5CC(CC(C5)C3)C4)C(C)C)CC2)c(F)c1. The van der Waals surface area contributed by atoms with E-state index in [9.17, 15) is 18.8 Å². The molecule has 1 saturated heterocycles. The maximum Gasteiger partial charge on any atom is 0.245 e. The molecule has 0 aromatic heterocycles. The minimum absolute atomic E-state index is 0.00467. The normalized spacial score (nSPS) is 30.5. The first-order valence-electron chi connectivity index (χ1n) is 13.3. The molecule has 1 aromatic rings. The highest BCUT2D eigenvalue weighted by Crippen LogP contribution is 2.60. The van der Waals surface area contributed by atoms with Crippen LogP contribution in [0.2, 0.25) is 0 Å². The Kier molecular flexibility index (Phi) is 6.39. The lowest BCUT2D eigenvalue weighted by Gasteiger charge is -2.56. The molecule has 5 fully saturated rings. The van der Waals surface area contributed by atoms with Crippen LogP contribution in [0.15, 0.2) is 18.2 Å². The van der Waals surface area contributed by atoms with Gasteiger partial charge in [0.05, 0.1) is 5.69 Å². The van der Waals surface area contributed by atoms with E-state index in [4.69, 9.17) is 0 Å². The fourth-order valence-electron chi connectivity index (χ4n) is 7.54. The fraction of sp³-hybridized carbons (Fsp3) is 0.679. The Bertz CT molecular complexity index is 979. The number of hydrogen-bond acceptors (Lipinski definition) is 4. The van der Waals surface area contributed by atoms with Crippen LogP contribution in [0.3, 0.4) is 0 Å². The van der Waals surface area contributed by atoms with Crippen molar-refractivity contribution in [2.24, 2.45) is 29.1 Å². The second-order valence-electron chi connectivity index (χ2n) is 11.9. The summed E-state index contributed by atoms with van der Waals surface area (Å²) in [6, 6.07) is 4.04. The van der Waals surface area contributed by atoms with Gasteiger partial charge in [0.25, 0.3) is 0 Å². The summed E-state index contributed by atoms with van der Waals surface area (Å²) in [6.45, 7) is 7.37. The van der Waals surface area contributed by atoms with Gasteiger partial charge in [-0.15, -0.1) is 0 Å². The molecule has 4 aliphatic carbocycles. The number of nitrogens with zero attached hydrogens (tertiary/aromatic N) is 2. The number of carbonyl (C=O) groups is 3. The van der Waals surface area contributed by atoms with Crippen molar-refractivity contribution in [3.63, 3.8) is 0 Å². The Hall–Kier alpha value is -2.44. The maximum absolute atomic E-state index is 14.6. The molecule has 4 bridgehead atoms. The van der Waals surface area contributed by atoms with Crippen LogP contribution in [0.1, 0.15) is 69.7 Å². The molecule has 6 nitrogen and oxygen atoms in total. The molecule has 4 saturated carbocycles. The van der Waals surface area contributed by atoms with Gasteiger partial charge in [-0.2, -0.15) is 0 Å². The molecule has 1 N–H and O–H groups in total. The molecule has 1 heterocycles. The van der Waals surface area contributed by atoms with Crippen LogP contribution >= 0.6 is 0 Å². The Labute approximate surface area is 207 Å². The van der Waals surface area contributed by atoms with E-state index in [-0.39, 0.29) is 28.9 Å². The lowest BCUT2D eigenvalue weighted by molar-refractivity contribution is -0.150. The quantitative estimate of drug-likeness (QED) is 0.620. The standard InChI is InChI=1S/C28H38FN3O3/c1-17(2)25(30-27(35)28-14-19-10-20(15-28)12-21(11-19)16-28)26(34)32-8-6-31(7-9-32)24-5-4-22(18(3)33)13-23(24)29/h4-5,13,17,19-21,25H,6-12,14-16H2,1-3H3,(H,30,35). The summed E-state index contributed by atoms with van der Waals surface area (Å²) in [4.78, 5) is 42.4. The van der Waals surface area contributed by atoms with E-state index in [0.29, 0.717) is 55.2 Å². The van der Waals surface area contributed by atoms with Gasteiger partial charge < -0.3 is 15.1 Å². The molecule has 1 unspecified atom stereocenters. The van der Waals surface area contributed by atoms with Crippen molar-refractivity contribution >= 4 is 23.3 Å². The minimum atomic E-state index is -0.534. The van der Waals surface area contributed by atoms with Crippen LogP contribution in [-0.4, -0.2) is 54.7 Å². The minimum Gasteiger partial charge on any atom is -0.366 e. The first-order chi connectivity index (χ1) is 16.6. The van der Waals surface area contributed by atoms with Gasteiger partial charge in [0.1, 0.15) is 11.9 Å². The summed E-state index contributed by atoms with van der Waals surface area (Å²) in [5.74, 6) is 1.51. The lowest BCUT2D eigenvalue weighted by atomic mass is 9.49. The molecular formula is C28H38FN3O3. The molecule has 6 rings (SSSR count). The Balaban J connectivity index is 1.22. The van der Waals surface area contributed by atoms with Crippen LogP contribution in [0.4, 0.5) is 10.1 Å². The van der Waals surface area contributed by atoms with E-state index < -0.39 is 11.9 Å². The molecule has 0 radical (unpaired) electrons. The maximum atomic E-state index is 14.6. The monoisotopic (exact) mass is 483 g/mol. The summed E-state index contributed by atoms with van der Waals surface area (Å²) in [5.41, 5.74) is 0.539. The van der Waals surface area contributed by atoms with Crippen LogP contribution in [0.5, 0.6) is 0 Å². The predicted molar refractivity (Wildman–Crippen MR) is 133 cm³/mol. The average molecular weight is 484 g/mol. The van der Waals surface area contributed by atoms with Gasteiger partial charge in [-0.05, 0) is 87.3 Å². The first kappa shape index (κ1) is 24.3. The molecule has 5 aliphatic rings. The number of rotatable bonds is 6. The summed E-state index contributed by atoms with van der Waals surface area (Å²) >= 11 is 0. The van der Waals surface area contributed by atoms with Gasteiger partial charge in [0.2, 0.25) is 11.8 Å². The molecule has 1 atom stereocenters. The van der Waals surface area contributed by atoms with E-state index in [1.807, 2.05) is 23.6 Å². The third-order valence-electron chi connectivity index (χ3n) is 9.03. The summed E-state index contributed by atoms with van der Waals surface area (Å²) in [7, 11) is 0. The van der Waals surface area contributed by atoms with Crippen LogP contribution < -0.4 is 10.2 Å². The Morgan fingerprint density at radius 3 is 2.03 bits per heavy atom. The number of halogens is 1. The van der Waals surface area contributed by atoms with E-state index in [1.54, 1.807) is 12.1 Å². The van der Waals surface area contributed by atoms with Crippen molar-refractivity contribution in [1.82, 2.24) is 10.2 Å². The van der Waals surface area contributed by atoms with Crippen molar-refractivity contribution in [1.29, 1.82) is 0 Å². The Morgan fingerprint density at radius 1 is 0.971 bits per heavy atom. The number of ketones is 1. The van der Waals surface area contributed by atoms with Gasteiger partial charge in [0, 0.05) is 37.2 Å². The zero-order valence-corrected chi connectivity index (χ0v) is 21.2.